The maximum absolute atomic E-state index is 5.84. The van der Waals surface area contributed by atoms with Crippen molar-refractivity contribution in [1.29, 1.82) is 0 Å². The van der Waals surface area contributed by atoms with Gasteiger partial charge in [-0.1, -0.05) is 0 Å². The molecule has 3 heterocycles. The number of rotatable bonds is 2. The topological polar surface area (TPSA) is 47.3 Å². The Labute approximate surface area is 95.4 Å². The normalized spacial score (nSPS) is 27.4. The largest absolute Gasteiger partial charge is 0.443 e. The van der Waals surface area contributed by atoms with Gasteiger partial charge in [0.25, 0.3) is 0 Å². The lowest BCUT2D eigenvalue weighted by Crippen LogP contribution is -2.26. The molecule has 3 rings (SSSR count). The summed E-state index contributed by atoms with van der Waals surface area (Å²) < 4.78 is 11.4. The van der Waals surface area contributed by atoms with Crippen LogP contribution in [-0.4, -0.2) is 24.7 Å². The van der Waals surface area contributed by atoms with Crippen molar-refractivity contribution in [3.8, 4) is 0 Å². The Morgan fingerprint density at radius 2 is 2.12 bits per heavy atom. The van der Waals surface area contributed by atoms with Gasteiger partial charge in [0.2, 0.25) is 0 Å². The van der Waals surface area contributed by atoms with E-state index in [1.807, 2.05) is 6.20 Å². The zero-order valence-electron chi connectivity index (χ0n) is 9.45. The Bertz CT molecular complexity index is 339. The summed E-state index contributed by atoms with van der Waals surface area (Å²) in [6, 6.07) is 0. The average Bonchev–Trinajstić information content (AvgIpc) is 3.01. The van der Waals surface area contributed by atoms with E-state index in [4.69, 9.17) is 9.15 Å². The summed E-state index contributed by atoms with van der Waals surface area (Å²) in [6.45, 7) is 3.00. The summed E-state index contributed by atoms with van der Waals surface area (Å²) in [6.07, 6.45) is 6.47. The van der Waals surface area contributed by atoms with Crippen LogP contribution in [0.15, 0.2) is 10.6 Å². The Hall–Kier alpha value is -0.870. The molecule has 0 amide bonds. The van der Waals surface area contributed by atoms with Gasteiger partial charge in [0.15, 0.2) is 11.7 Å². The van der Waals surface area contributed by atoms with Crippen LogP contribution in [0.2, 0.25) is 0 Å². The fourth-order valence-corrected chi connectivity index (χ4v) is 2.51. The molecule has 4 heteroatoms. The van der Waals surface area contributed by atoms with E-state index in [2.05, 4.69) is 10.3 Å². The van der Waals surface area contributed by atoms with E-state index in [-0.39, 0.29) is 6.10 Å². The first-order valence-corrected chi connectivity index (χ1v) is 6.21. The maximum Gasteiger partial charge on any atom is 0.197 e. The second-order valence-corrected chi connectivity index (χ2v) is 4.63. The molecule has 1 unspecified atom stereocenters. The summed E-state index contributed by atoms with van der Waals surface area (Å²) in [4.78, 5) is 4.41. The molecule has 1 aromatic rings. The highest BCUT2D eigenvalue weighted by Gasteiger charge is 2.25. The zero-order chi connectivity index (χ0) is 10.8. The van der Waals surface area contributed by atoms with E-state index >= 15 is 0 Å². The molecule has 2 fully saturated rings. The molecule has 16 heavy (non-hydrogen) atoms. The average molecular weight is 222 g/mol. The highest BCUT2D eigenvalue weighted by molar-refractivity contribution is 5.04. The van der Waals surface area contributed by atoms with E-state index in [9.17, 15) is 0 Å². The highest BCUT2D eigenvalue weighted by atomic mass is 16.5. The van der Waals surface area contributed by atoms with Crippen LogP contribution in [0.5, 0.6) is 0 Å². The minimum Gasteiger partial charge on any atom is -0.443 e. The molecule has 1 aromatic heterocycles. The third-order valence-electron chi connectivity index (χ3n) is 3.48. The van der Waals surface area contributed by atoms with Gasteiger partial charge in [0, 0.05) is 12.5 Å². The van der Waals surface area contributed by atoms with Crippen molar-refractivity contribution in [1.82, 2.24) is 10.3 Å². The predicted molar refractivity (Wildman–Crippen MR) is 59.3 cm³/mol. The minimum atomic E-state index is 0.156. The number of aromatic nitrogens is 1. The van der Waals surface area contributed by atoms with Crippen LogP contribution in [0.1, 0.15) is 49.4 Å². The van der Waals surface area contributed by atoms with Gasteiger partial charge < -0.3 is 14.5 Å². The molecule has 4 nitrogen and oxygen atoms in total. The Morgan fingerprint density at radius 3 is 2.88 bits per heavy atom. The van der Waals surface area contributed by atoms with Crippen LogP contribution in [0, 0.1) is 0 Å². The van der Waals surface area contributed by atoms with Crippen LogP contribution in [0.4, 0.5) is 0 Å². The molecule has 0 spiro atoms. The number of nitrogens with zero attached hydrogens (tertiary/aromatic N) is 1. The Kier molecular flexibility index (Phi) is 2.93. The van der Waals surface area contributed by atoms with Gasteiger partial charge >= 0.3 is 0 Å². The molecule has 0 radical (unpaired) electrons. The summed E-state index contributed by atoms with van der Waals surface area (Å²) in [5, 5.41) is 3.35. The molecule has 2 aliphatic heterocycles. The molecule has 2 saturated heterocycles. The second-order valence-electron chi connectivity index (χ2n) is 4.63. The van der Waals surface area contributed by atoms with Gasteiger partial charge in [0.1, 0.15) is 6.10 Å². The zero-order valence-corrected chi connectivity index (χ0v) is 9.45. The van der Waals surface area contributed by atoms with Crippen molar-refractivity contribution < 1.29 is 9.15 Å². The van der Waals surface area contributed by atoms with Crippen molar-refractivity contribution >= 4 is 0 Å². The quantitative estimate of drug-likeness (QED) is 0.831. The molecule has 0 saturated carbocycles. The van der Waals surface area contributed by atoms with Gasteiger partial charge in [-0.15, -0.1) is 0 Å². The van der Waals surface area contributed by atoms with E-state index in [1.54, 1.807) is 0 Å². The number of piperidine rings is 1. The first kappa shape index (κ1) is 10.3. The molecule has 0 bridgehead atoms. The van der Waals surface area contributed by atoms with E-state index in [0.29, 0.717) is 5.92 Å². The number of hydrogen-bond donors (Lipinski definition) is 1. The Balaban J connectivity index is 1.71. The number of oxazole rings is 1. The van der Waals surface area contributed by atoms with Crippen molar-refractivity contribution in [3.63, 3.8) is 0 Å². The van der Waals surface area contributed by atoms with Crippen molar-refractivity contribution in [2.75, 3.05) is 19.7 Å². The SMILES string of the molecule is c1nc(C2CCNCC2)oc1C1CCCO1. The molecule has 1 atom stereocenters. The van der Waals surface area contributed by atoms with Crippen molar-refractivity contribution in [2.45, 2.75) is 37.7 Å². The maximum atomic E-state index is 5.84. The molecular weight excluding hydrogens is 204 g/mol. The van der Waals surface area contributed by atoms with Crippen molar-refractivity contribution in [2.24, 2.45) is 0 Å². The molecule has 1 N–H and O–H groups in total. The smallest absolute Gasteiger partial charge is 0.197 e. The molecule has 0 aliphatic carbocycles. The fraction of sp³-hybridized carbons (Fsp3) is 0.750. The van der Waals surface area contributed by atoms with Crippen LogP contribution >= 0.6 is 0 Å². The van der Waals surface area contributed by atoms with Crippen LogP contribution in [-0.2, 0) is 4.74 Å². The van der Waals surface area contributed by atoms with Gasteiger partial charge in [0.05, 0.1) is 6.20 Å². The molecule has 2 aliphatic rings. The number of nitrogens with one attached hydrogen (secondary N) is 1. The number of hydrogen-bond acceptors (Lipinski definition) is 4. The van der Waals surface area contributed by atoms with Gasteiger partial charge in [-0.2, -0.15) is 0 Å². The summed E-state index contributed by atoms with van der Waals surface area (Å²) in [5.74, 6) is 2.33. The van der Waals surface area contributed by atoms with Crippen LogP contribution in [0.3, 0.4) is 0 Å². The number of ether oxygens (including phenoxy) is 1. The minimum absolute atomic E-state index is 0.156. The predicted octanol–water partition coefficient (Wildman–Crippen LogP) is 1.99. The lowest BCUT2D eigenvalue weighted by molar-refractivity contribution is 0.0917. The lowest BCUT2D eigenvalue weighted by Gasteiger charge is -2.19. The third kappa shape index (κ3) is 1.99. The summed E-state index contributed by atoms with van der Waals surface area (Å²) in [5.41, 5.74) is 0. The van der Waals surface area contributed by atoms with Gasteiger partial charge in [-0.25, -0.2) is 4.98 Å². The third-order valence-corrected chi connectivity index (χ3v) is 3.48. The van der Waals surface area contributed by atoms with E-state index in [1.165, 1.54) is 0 Å². The summed E-state index contributed by atoms with van der Waals surface area (Å²) in [7, 11) is 0. The standard InChI is InChI=1S/C12H18N2O2/c1-2-10(15-7-1)11-8-14-12(16-11)9-3-5-13-6-4-9/h8-10,13H,1-7H2. The van der Waals surface area contributed by atoms with Crippen LogP contribution in [0.25, 0.3) is 0 Å². The van der Waals surface area contributed by atoms with E-state index < -0.39 is 0 Å². The summed E-state index contributed by atoms with van der Waals surface area (Å²) >= 11 is 0. The van der Waals surface area contributed by atoms with Crippen molar-refractivity contribution in [3.05, 3.63) is 17.8 Å². The molecule has 0 aromatic carbocycles. The van der Waals surface area contributed by atoms with Gasteiger partial charge in [-0.3, -0.25) is 0 Å². The van der Waals surface area contributed by atoms with E-state index in [0.717, 1.165) is 57.0 Å². The van der Waals surface area contributed by atoms with Gasteiger partial charge in [-0.05, 0) is 38.8 Å². The first-order chi connectivity index (χ1) is 7.93. The highest BCUT2D eigenvalue weighted by Crippen LogP contribution is 2.32. The lowest BCUT2D eigenvalue weighted by atomic mass is 9.98. The molecular formula is C12H18N2O2. The Morgan fingerprint density at radius 1 is 1.25 bits per heavy atom. The molecule has 88 valence electrons. The second kappa shape index (κ2) is 4.55. The monoisotopic (exact) mass is 222 g/mol. The first-order valence-electron chi connectivity index (χ1n) is 6.21. The fourth-order valence-electron chi connectivity index (χ4n) is 2.51. The van der Waals surface area contributed by atoms with Crippen LogP contribution < -0.4 is 5.32 Å².